The van der Waals surface area contributed by atoms with Crippen molar-refractivity contribution in [1.29, 1.82) is 0 Å². The molecule has 22 heteroatoms. The Balaban J connectivity index is 1.59. The summed E-state index contributed by atoms with van der Waals surface area (Å²) in [4.78, 5) is 32.4. The minimum Gasteiger partial charge on any atom is -0.388 e. The van der Waals surface area contributed by atoms with Gasteiger partial charge in [-0.05, 0) is 27.2 Å². The van der Waals surface area contributed by atoms with Gasteiger partial charge in [-0.3, -0.25) is 19.0 Å². The molecule has 4 heterocycles. The van der Waals surface area contributed by atoms with Gasteiger partial charge in [-0.15, -0.1) is 5.10 Å². The number of ether oxygens (including phenoxy) is 4. The minimum absolute atomic E-state index is 0.113. The number of aromatic nitrogens is 3. The molecule has 1 aromatic rings. The number of carbonyl (C=O) groups is 2. The Labute approximate surface area is 288 Å². The van der Waals surface area contributed by atoms with Gasteiger partial charge in [-0.25, -0.2) is 14.1 Å². The second-order valence-corrected chi connectivity index (χ2v) is 14.2. The zero-order chi connectivity index (χ0) is 37.1. The van der Waals surface area contributed by atoms with E-state index >= 15 is 0 Å². The topological polar surface area (TPSA) is 280 Å². The normalized spacial score (nSPS) is 35.5. The number of rotatable bonds is 15. The zero-order valence-electron chi connectivity index (χ0n) is 28.4. The van der Waals surface area contributed by atoms with Gasteiger partial charge in [0.2, 0.25) is 5.91 Å². The molecule has 0 radical (unpaired) electrons. The van der Waals surface area contributed by atoms with E-state index in [2.05, 4.69) is 29.8 Å². The molecule has 0 spiro atoms. The summed E-state index contributed by atoms with van der Waals surface area (Å²) < 4.78 is 61.6. The molecule has 0 saturated carbocycles. The monoisotopic (exact) mass is 741 g/mol. The van der Waals surface area contributed by atoms with E-state index < -0.39 is 84.3 Å². The number of Topliss-reactive ketones (excluding diaryl/α,β-unsaturated/α-hetero) is 1. The van der Waals surface area contributed by atoms with Gasteiger partial charge >= 0.3 is 10.4 Å². The van der Waals surface area contributed by atoms with E-state index in [0.717, 1.165) is 6.92 Å². The maximum absolute atomic E-state index is 12.9. The third kappa shape index (κ3) is 9.77. The van der Waals surface area contributed by atoms with Crippen molar-refractivity contribution in [3.8, 4) is 0 Å². The average Bonchev–Trinajstić information content (AvgIpc) is 3.70. The molecule has 50 heavy (non-hydrogen) atoms. The fraction of sp³-hybridized carbons (Fsp3) is 0.857. The lowest BCUT2D eigenvalue weighted by Gasteiger charge is -2.47. The predicted octanol–water partition coefficient (Wildman–Crippen LogP) is -1.90. The lowest BCUT2D eigenvalue weighted by atomic mass is 9.95. The zero-order valence-corrected chi connectivity index (χ0v) is 29.2. The summed E-state index contributed by atoms with van der Waals surface area (Å²) in [5.41, 5.74) is 0.308. The number of nitrogens with zero attached hydrogens (tertiary/aromatic N) is 4. The van der Waals surface area contributed by atoms with Crippen LogP contribution in [0, 0.1) is 5.92 Å². The van der Waals surface area contributed by atoms with Gasteiger partial charge in [0.25, 0.3) is 0 Å². The van der Waals surface area contributed by atoms with Crippen LogP contribution in [0.25, 0.3) is 0 Å². The quantitative estimate of drug-likeness (QED) is 0.0650. The number of hydrogen-bond acceptors (Lipinski definition) is 18. The molecule has 12 atom stereocenters. The summed E-state index contributed by atoms with van der Waals surface area (Å²) in [6.07, 6.45) is -12.0. The van der Waals surface area contributed by atoms with Gasteiger partial charge in [0.05, 0.1) is 37.6 Å². The molecule has 4 rings (SSSR count). The van der Waals surface area contributed by atoms with Crippen LogP contribution in [-0.4, -0.2) is 152 Å². The molecule has 4 unspecified atom stereocenters. The molecule has 3 aliphatic heterocycles. The largest absolute Gasteiger partial charge is 0.397 e. The molecule has 21 nitrogen and oxygen atoms in total. The first-order valence-electron chi connectivity index (χ1n) is 16.1. The van der Waals surface area contributed by atoms with Crippen molar-refractivity contribution < 1.29 is 76.2 Å². The molecule has 0 bridgehead atoms. The van der Waals surface area contributed by atoms with E-state index in [-0.39, 0.29) is 36.4 Å². The lowest BCUT2D eigenvalue weighted by molar-refractivity contribution is -0.527. The fourth-order valence-electron chi connectivity index (χ4n) is 6.32. The second kappa shape index (κ2) is 17.0. The Hall–Kier alpha value is -2.29. The van der Waals surface area contributed by atoms with Crippen LogP contribution in [0.15, 0.2) is 6.20 Å². The molecule has 286 valence electrons. The molecular formula is C28H47N5O16S. The van der Waals surface area contributed by atoms with Crippen molar-refractivity contribution in [2.24, 2.45) is 5.92 Å². The highest BCUT2D eigenvalue weighted by Gasteiger charge is 2.53. The maximum Gasteiger partial charge on any atom is 0.397 e. The highest BCUT2D eigenvalue weighted by molar-refractivity contribution is 7.80. The molecule has 3 saturated heterocycles. The van der Waals surface area contributed by atoms with Gasteiger partial charge < -0.3 is 39.6 Å². The summed E-state index contributed by atoms with van der Waals surface area (Å²) in [6.45, 7) is 9.61. The third-order valence-electron chi connectivity index (χ3n) is 8.86. The summed E-state index contributed by atoms with van der Waals surface area (Å²) >= 11 is 0. The van der Waals surface area contributed by atoms with E-state index in [0.29, 0.717) is 18.7 Å². The summed E-state index contributed by atoms with van der Waals surface area (Å²) in [5, 5.41) is 55.2. The molecule has 1 aromatic heterocycles. The smallest absolute Gasteiger partial charge is 0.388 e. The average molecular weight is 742 g/mol. The van der Waals surface area contributed by atoms with Gasteiger partial charge in [0.15, 0.2) is 24.5 Å². The van der Waals surface area contributed by atoms with E-state index in [4.69, 9.17) is 23.8 Å². The highest BCUT2D eigenvalue weighted by Crippen LogP contribution is 2.33. The summed E-state index contributed by atoms with van der Waals surface area (Å²) in [6, 6.07) is -1.72. The van der Waals surface area contributed by atoms with Crippen LogP contribution in [0.3, 0.4) is 0 Å². The maximum atomic E-state index is 12.9. The highest BCUT2D eigenvalue weighted by atomic mass is 32.3. The summed E-state index contributed by atoms with van der Waals surface area (Å²) in [7, 11) is -5.03. The molecule has 3 aliphatic rings. The number of amides is 1. The van der Waals surface area contributed by atoms with Gasteiger partial charge in [0.1, 0.15) is 42.3 Å². The van der Waals surface area contributed by atoms with E-state index in [1.54, 1.807) is 10.9 Å². The molecule has 3 fully saturated rings. The van der Waals surface area contributed by atoms with Gasteiger partial charge in [-0.2, -0.15) is 13.3 Å². The molecular weight excluding hydrogens is 694 g/mol. The molecule has 0 aromatic carbocycles. The van der Waals surface area contributed by atoms with Gasteiger partial charge in [-0.1, -0.05) is 24.1 Å². The standard InChI is InChI=1S/C28H47N5O16S/c1-12(2)21(35)18-7-17(9-32(18)13(3)4)33-8-16(30-31-33)10-43-27-20(29-15(6)34)26(47-28-24(38)23(37)22(36)14(5)45-28)25(48-49-39)19(46-27)11-44-50(40,41)42/h8,12-14,17-20,22-28,36-39H,7,9-11H2,1-6H3,(H,29,34)(H,40,41,42)/t14?,17-,18+,19?,20?,22-,23+,24?,25+,26-,27-,28+/m1/s1. The van der Waals surface area contributed by atoms with Crippen molar-refractivity contribution >= 4 is 22.1 Å². The van der Waals surface area contributed by atoms with Crippen molar-refractivity contribution in [3.63, 3.8) is 0 Å². The Morgan fingerprint density at radius 1 is 1.08 bits per heavy atom. The van der Waals surface area contributed by atoms with Crippen LogP contribution in [0.5, 0.6) is 0 Å². The van der Waals surface area contributed by atoms with Crippen molar-refractivity contribution in [2.45, 2.75) is 134 Å². The first-order chi connectivity index (χ1) is 23.4. The van der Waals surface area contributed by atoms with Crippen LogP contribution in [0.2, 0.25) is 0 Å². The lowest BCUT2D eigenvalue weighted by Crippen LogP contribution is -2.68. The number of nitrogens with one attached hydrogen (secondary N) is 1. The van der Waals surface area contributed by atoms with Crippen LogP contribution in [-0.2, 0) is 59.7 Å². The van der Waals surface area contributed by atoms with E-state index in [9.17, 15) is 43.1 Å². The van der Waals surface area contributed by atoms with Crippen molar-refractivity contribution in [2.75, 3.05) is 13.2 Å². The number of ketones is 1. The van der Waals surface area contributed by atoms with Crippen LogP contribution < -0.4 is 5.32 Å². The minimum atomic E-state index is -5.03. The Bertz CT molecular complexity index is 1400. The Morgan fingerprint density at radius 3 is 2.38 bits per heavy atom. The predicted molar refractivity (Wildman–Crippen MR) is 164 cm³/mol. The van der Waals surface area contributed by atoms with E-state index in [1.807, 2.05) is 27.7 Å². The number of aliphatic hydroxyl groups excluding tert-OH is 3. The molecule has 0 aliphatic carbocycles. The first-order valence-corrected chi connectivity index (χ1v) is 17.5. The number of likely N-dealkylation sites (tertiary alicyclic amines) is 1. The third-order valence-corrected chi connectivity index (χ3v) is 9.29. The number of aliphatic hydroxyl groups is 3. The van der Waals surface area contributed by atoms with E-state index in [1.165, 1.54) is 6.92 Å². The van der Waals surface area contributed by atoms with Crippen LogP contribution >= 0.6 is 0 Å². The van der Waals surface area contributed by atoms with Crippen molar-refractivity contribution in [1.82, 2.24) is 25.2 Å². The SMILES string of the molecule is CC(=O)NC1[C@H](OCc2cn([C@@H]3C[C@@H](C(=O)C(C)C)N(C(C)C)C3)nn2)OC(COS(=O)(=O)O)[C@H](OOO)[C@@H]1O[C@@H]1OC(C)[C@@H](O)[C@H](O)C1O. The second-order valence-electron chi connectivity index (χ2n) is 13.2. The Morgan fingerprint density at radius 2 is 1.78 bits per heavy atom. The molecule has 6 N–H and O–H groups in total. The number of hydrogen-bond donors (Lipinski definition) is 6. The summed E-state index contributed by atoms with van der Waals surface area (Å²) in [5.74, 6) is -0.653. The number of carbonyl (C=O) groups excluding carboxylic acids is 2. The molecule has 1 amide bonds. The van der Waals surface area contributed by atoms with Gasteiger partial charge in [0, 0.05) is 25.4 Å². The first kappa shape index (κ1) is 40.5. The van der Waals surface area contributed by atoms with Crippen LogP contribution in [0.4, 0.5) is 0 Å². The fourth-order valence-corrected chi connectivity index (χ4v) is 6.63. The van der Waals surface area contributed by atoms with Crippen LogP contribution in [0.1, 0.15) is 59.7 Å². The van der Waals surface area contributed by atoms with Crippen molar-refractivity contribution in [3.05, 3.63) is 11.9 Å². The Kier molecular flexibility index (Phi) is 13.8.